The van der Waals surface area contributed by atoms with Crippen molar-refractivity contribution >= 4 is 0 Å². The zero-order valence-corrected chi connectivity index (χ0v) is 17.8. The summed E-state index contributed by atoms with van der Waals surface area (Å²) in [6.07, 6.45) is 10.8. The average Bonchev–Trinajstić information content (AvgIpc) is 2.59. The molecule has 1 aliphatic carbocycles. The maximum absolute atomic E-state index is 9.00. The summed E-state index contributed by atoms with van der Waals surface area (Å²) < 4.78 is 0. The van der Waals surface area contributed by atoms with Crippen molar-refractivity contribution in [2.75, 3.05) is 39.8 Å². The van der Waals surface area contributed by atoms with E-state index in [0.717, 1.165) is 43.7 Å². The van der Waals surface area contributed by atoms with E-state index in [1.54, 1.807) is 0 Å². The van der Waals surface area contributed by atoms with Gasteiger partial charge in [-0.15, -0.1) is 0 Å². The number of piperidine rings is 2. The maximum Gasteiger partial charge on any atom is 0.0564 e. The fourth-order valence-electron chi connectivity index (χ4n) is 3.98. The average molecular weight is 355 g/mol. The molecule has 3 fully saturated rings. The molecule has 2 aliphatic heterocycles. The van der Waals surface area contributed by atoms with Crippen LogP contribution in [0, 0.1) is 17.8 Å². The Kier molecular flexibility index (Phi) is 12.0. The summed E-state index contributed by atoms with van der Waals surface area (Å²) >= 11 is 0. The van der Waals surface area contributed by atoms with Crippen LogP contribution in [0.3, 0.4) is 0 Å². The molecule has 3 heteroatoms. The van der Waals surface area contributed by atoms with Crippen LogP contribution in [0.25, 0.3) is 0 Å². The molecule has 2 heterocycles. The molecule has 1 saturated carbocycles. The number of hydrogen-bond acceptors (Lipinski definition) is 3. The number of aliphatic hydroxyl groups is 1. The molecular formula is C22H46N2O. The summed E-state index contributed by atoms with van der Waals surface area (Å²) in [4.78, 5) is 4.95. The molecule has 0 unspecified atom stereocenters. The number of hydrogen-bond donors (Lipinski definition) is 1. The lowest BCUT2D eigenvalue weighted by molar-refractivity contribution is 0.0943. The first-order valence-corrected chi connectivity index (χ1v) is 11.1. The molecule has 0 amide bonds. The molecule has 2 saturated heterocycles. The summed E-state index contributed by atoms with van der Waals surface area (Å²) in [7, 11) is 2.09. The molecule has 3 aliphatic rings. The second-order valence-electron chi connectivity index (χ2n) is 8.54. The predicted octanol–water partition coefficient (Wildman–Crippen LogP) is 4.64. The molecule has 0 atom stereocenters. The van der Waals surface area contributed by atoms with Crippen LogP contribution in [0.5, 0.6) is 0 Å². The van der Waals surface area contributed by atoms with Gasteiger partial charge in [-0.1, -0.05) is 47.0 Å². The van der Waals surface area contributed by atoms with Crippen molar-refractivity contribution in [3.63, 3.8) is 0 Å². The standard InChI is InChI=1S/C14H27N.C6H13NO.C2H6/c1-12(2)14-7-10-15(11-8-14)9-6-13-4-3-5-13;1-7-4-2-6(8)3-5-7;1-2/h12-14H,3-11H2,1-2H3;6,8H,2-5H2,1H3;1-2H3. The van der Waals surface area contributed by atoms with Gasteiger partial charge >= 0.3 is 0 Å². The van der Waals surface area contributed by atoms with Crippen molar-refractivity contribution in [2.45, 2.75) is 85.2 Å². The van der Waals surface area contributed by atoms with Crippen molar-refractivity contribution in [3.8, 4) is 0 Å². The third kappa shape index (κ3) is 9.40. The summed E-state index contributed by atoms with van der Waals surface area (Å²) in [6.45, 7) is 15.0. The van der Waals surface area contributed by atoms with Gasteiger partial charge in [0.05, 0.1) is 6.10 Å². The van der Waals surface area contributed by atoms with Gasteiger partial charge in [-0.2, -0.15) is 0 Å². The normalized spacial score (nSPS) is 24.1. The summed E-state index contributed by atoms with van der Waals surface area (Å²) in [5.41, 5.74) is 0. The second-order valence-corrected chi connectivity index (χ2v) is 8.54. The van der Waals surface area contributed by atoms with Crippen LogP contribution >= 0.6 is 0 Å². The van der Waals surface area contributed by atoms with Gasteiger partial charge in [0.2, 0.25) is 0 Å². The largest absolute Gasteiger partial charge is 0.393 e. The number of likely N-dealkylation sites (tertiary alicyclic amines) is 2. The van der Waals surface area contributed by atoms with E-state index in [2.05, 4.69) is 30.7 Å². The zero-order valence-electron chi connectivity index (χ0n) is 17.8. The Morgan fingerprint density at radius 2 is 1.44 bits per heavy atom. The van der Waals surface area contributed by atoms with Crippen molar-refractivity contribution in [2.24, 2.45) is 17.8 Å². The molecule has 3 nitrogen and oxygen atoms in total. The summed E-state index contributed by atoms with van der Waals surface area (Å²) in [6, 6.07) is 0. The van der Waals surface area contributed by atoms with Crippen molar-refractivity contribution in [3.05, 3.63) is 0 Å². The lowest BCUT2D eigenvalue weighted by atomic mass is 9.82. The summed E-state index contributed by atoms with van der Waals surface area (Å²) in [5.74, 6) is 3.00. The van der Waals surface area contributed by atoms with Crippen LogP contribution in [-0.2, 0) is 0 Å². The highest BCUT2D eigenvalue weighted by atomic mass is 16.3. The molecule has 0 aromatic rings. The van der Waals surface area contributed by atoms with E-state index in [9.17, 15) is 0 Å². The van der Waals surface area contributed by atoms with Gasteiger partial charge in [-0.3, -0.25) is 0 Å². The Balaban J connectivity index is 0.000000264. The van der Waals surface area contributed by atoms with Gasteiger partial charge in [0.1, 0.15) is 0 Å². The van der Waals surface area contributed by atoms with E-state index in [1.807, 2.05) is 13.8 Å². The number of aliphatic hydroxyl groups excluding tert-OH is 1. The first-order chi connectivity index (χ1) is 12.0. The zero-order chi connectivity index (χ0) is 18.7. The molecule has 0 aromatic carbocycles. The van der Waals surface area contributed by atoms with Crippen LogP contribution in [0.2, 0.25) is 0 Å². The van der Waals surface area contributed by atoms with Gasteiger partial charge in [0.25, 0.3) is 0 Å². The molecular weight excluding hydrogens is 308 g/mol. The molecule has 25 heavy (non-hydrogen) atoms. The van der Waals surface area contributed by atoms with Gasteiger partial charge in [-0.25, -0.2) is 0 Å². The smallest absolute Gasteiger partial charge is 0.0564 e. The third-order valence-corrected chi connectivity index (χ3v) is 6.34. The van der Waals surface area contributed by atoms with Gasteiger partial charge in [-0.05, 0) is 76.5 Å². The highest BCUT2D eigenvalue weighted by molar-refractivity contribution is 4.76. The Morgan fingerprint density at radius 3 is 1.84 bits per heavy atom. The summed E-state index contributed by atoms with van der Waals surface area (Å²) in [5, 5.41) is 9.00. The van der Waals surface area contributed by atoms with Gasteiger partial charge in [0.15, 0.2) is 0 Å². The first kappa shape index (κ1) is 22.9. The predicted molar refractivity (Wildman–Crippen MR) is 110 cm³/mol. The molecule has 3 rings (SSSR count). The fraction of sp³-hybridized carbons (Fsp3) is 1.00. The Labute approximate surface area is 158 Å². The molecule has 0 bridgehead atoms. The van der Waals surface area contributed by atoms with Crippen molar-refractivity contribution in [1.82, 2.24) is 9.80 Å². The molecule has 0 aromatic heterocycles. The monoisotopic (exact) mass is 354 g/mol. The Morgan fingerprint density at radius 1 is 0.880 bits per heavy atom. The van der Waals surface area contributed by atoms with Crippen LogP contribution in [0.1, 0.15) is 79.1 Å². The lowest BCUT2D eigenvalue weighted by Crippen LogP contribution is -2.36. The van der Waals surface area contributed by atoms with Gasteiger partial charge < -0.3 is 14.9 Å². The van der Waals surface area contributed by atoms with Crippen LogP contribution in [0.4, 0.5) is 0 Å². The maximum atomic E-state index is 9.00. The lowest BCUT2D eigenvalue weighted by Gasteiger charge is -2.35. The molecule has 150 valence electrons. The van der Waals surface area contributed by atoms with E-state index >= 15 is 0 Å². The van der Waals surface area contributed by atoms with E-state index < -0.39 is 0 Å². The topological polar surface area (TPSA) is 26.7 Å². The van der Waals surface area contributed by atoms with Crippen LogP contribution in [-0.4, -0.2) is 60.8 Å². The van der Waals surface area contributed by atoms with Crippen LogP contribution < -0.4 is 0 Å². The molecule has 1 N–H and O–H groups in total. The van der Waals surface area contributed by atoms with Gasteiger partial charge in [0, 0.05) is 13.1 Å². The number of rotatable bonds is 4. The minimum absolute atomic E-state index is 0.0220. The first-order valence-electron chi connectivity index (χ1n) is 11.1. The molecule has 0 spiro atoms. The quantitative estimate of drug-likeness (QED) is 0.796. The Hall–Kier alpha value is -0.120. The van der Waals surface area contributed by atoms with E-state index in [0.29, 0.717) is 0 Å². The SMILES string of the molecule is CC.CC(C)C1CCN(CCC2CCC2)CC1.CN1CCC(O)CC1. The van der Waals surface area contributed by atoms with Crippen molar-refractivity contribution in [1.29, 1.82) is 0 Å². The Bertz CT molecular complexity index is 291. The highest BCUT2D eigenvalue weighted by Crippen LogP contribution is 2.30. The van der Waals surface area contributed by atoms with Crippen LogP contribution in [0.15, 0.2) is 0 Å². The molecule has 0 radical (unpaired) electrons. The third-order valence-electron chi connectivity index (χ3n) is 6.34. The fourth-order valence-corrected chi connectivity index (χ4v) is 3.98. The minimum Gasteiger partial charge on any atom is -0.393 e. The second kappa shape index (κ2) is 13.1. The van der Waals surface area contributed by atoms with E-state index in [-0.39, 0.29) is 6.10 Å². The van der Waals surface area contributed by atoms with E-state index in [4.69, 9.17) is 5.11 Å². The number of nitrogens with zero attached hydrogens (tertiary/aromatic N) is 2. The van der Waals surface area contributed by atoms with E-state index in [1.165, 1.54) is 58.2 Å². The van der Waals surface area contributed by atoms with Crippen molar-refractivity contribution < 1.29 is 5.11 Å². The highest BCUT2D eigenvalue weighted by Gasteiger charge is 2.23. The minimum atomic E-state index is -0.0220.